The molecule has 0 unspecified atom stereocenters. The molecule has 0 radical (unpaired) electrons. The summed E-state index contributed by atoms with van der Waals surface area (Å²) >= 11 is 5.84. The standard InChI is InChI=1S/C16H18ClN3O4/c1-23-9-2-8-20(11-15(21)18-14-7-10-24-19-14)16(22)12-3-5-13(17)6-4-12/h3-7,10H,2,8-9,11H2,1H3,(H,18,19,21). The largest absolute Gasteiger partial charge is 0.385 e. The second-order valence-electron chi connectivity index (χ2n) is 5.01. The van der Waals surface area contributed by atoms with Gasteiger partial charge in [0.2, 0.25) is 5.91 Å². The molecule has 0 aliphatic rings. The summed E-state index contributed by atoms with van der Waals surface area (Å²) in [7, 11) is 1.59. The van der Waals surface area contributed by atoms with Crippen molar-refractivity contribution in [3.63, 3.8) is 0 Å². The molecule has 1 aromatic heterocycles. The van der Waals surface area contributed by atoms with Gasteiger partial charge in [0.05, 0.1) is 0 Å². The van der Waals surface area contributed by atoms with Crippen LogP contribution in [0.2, 0.25) is 5.02 Å². The Morgan fingerprint density at radius 2 is 2.04 bits per heavy atom. The van der Waals surface area contributed by atoms with Gasteiger partial charge >= 0.3 is 0 Å². The molecule has 24 heavy (non-hydrogen) atoms. The fourth-order valence-corrected chi connectivity index (χ4v) is 2.19. The Hall–Kier alpha value is -2.38. The van der Waals surface area contributed by atoms with Gasteiger partial charge in [0, 0.05) is 36.9 Å². The van der Waals surface area contributed by atoms with Gasteiger partial charge in [-0.1, -0.05) is 16.8 Å². The highest BCUT2D eigenvalue weighted by atomic mass is 35.5. The van der Waals surface area contributed by atoms with Gasteiger partial charge in [0.1, 0.15) is 12.8 Å². The van der Waals surface area contributed by atoms with E-state index in [4.69, 9.17) is 16.3 Å². The van der Waals surface area contributed by atoms with Crippen molar-refractivity contribution < 1.29 is 18.8 Å². The minimum atomic E-state index is -0.358. The van der Waals surface area contributed by atoms with Crippen molar-refractivity contribution in [2.45, 2.75) is 6.42 Å². The number of methoxy groups -OCH3 is 1. The predicted molar refractivity (Wildman–Crippen MR) is 89.0 cm³/mol. The summed E-state index contributed by atoms with van der Waals surface area (Å²) in [6.45, 7) is 0.787. The van der Waals surface area contributed by atoms with Crippen molar-refractivity contribution in [3.8, 4) is 0 Å². The summed E-state index contributed by atoms with van der Waals surface area (Å²) in [6.07, 6.45) is 1.97. The predicted octanol–water partition coefficient (Wildman–Crippen LogP) is 2.45. The zero-order valence-electron chi connectivity index (χ0n) is 13.2. The fourth-order valence-electron chi connectivity index (χ4n) is 2.06. The minimum Gasteiger partial charge on any atom is -0.385 e. The SMILES string of the molecule is COCCCN(CC(=O)Nc1ccon1)C(=O)c1ccc(Cl)cc1. The Morgan fingerprint density at radius 1 is 1.29 bits per heavy atom. The number of carbonyl (C=O) groups excluding carboxylic acids is 2. The average Bonchev–Trinajstić information content (AvgIpc) is 3.07. The van der Waals surface area contributed by atoms with Crippen molar-refractivity contribution in [1.82, 2.24) is 10.1 Å². The summed E-state index contributed by atoms with van der Waals surface area (Å²) < 4.78 is 9.66. The molecule has 0 aliphatic carbocycles. The van der Waals surface area contributed by atoms with Gasteiger partial charge < -0.3 is 19.5 Å². The Morgan fingerprint density at radius 3 is 2.67 bits per heavy atom. The van der Waals surface area contributed by atoms with Crippen molar-refractivity contribution in [2.75, 3.05) is 32.1 Å². The molecule has 0 spiro atoms. The van der Waals surface area contributed by atoms with E-state index in [1.54, 1.807) is 31.4 Å². The maximum Gasteiger partial charge on any atom is 0.254 e. The zero-order valence-corrected chi connectivity index (χ0v) is 14.0. The molecule has 0 bridgehead atoms. The van der Waals surface area contributed by atoms with Crippen molar-refractivity contribution in [1.29, 1.82) is 0 Å². The van der Waals surface area contributed by atoms with Gasteiger partial charge in [-0.25, -0.2) is 0 Å². The first-order valence-electron chi connectivity index (χ1n) is 7.34. The highest BCUT2D eigenvalue weighted by molar-refractivity contribution is 6.30. The number of hydrogen-bond acceptors (Lipinski definition) is 5. The molecule has 128 valence electrons. The number of nitrogens with zero attached hydrogens (tertiary/aromatic N) is 2. The molecular weight excluding hydrogens is 334 g/mol. The van der Waals surface area contributed by atoms with E-state index >= 15 is 0 Å². The third kappa shape index (κ3) is 5.36. The van der Waals surface area contributed by atoms with Gasteiger partial charge in [-0.05, 0) is 30.7 Å². The lowest BCUT2D eigenvalue weighted by atomic mass is 10.2. The van der Waals surface area contributed by atoms with Gasteiger partial charge in [-0.15, -0.1) is 0 Å². The van der Waals surface area contributed by atoms with Crippen molar-refractivity contribution >= 4 is 29.2 Å². The monoisotopic (exact) mass is 351 g/mol. The molecule has 0 atom stereocenters. The Bertz CT molecular complexity index is 658. The van der Waals surface area contributed by atoms with E-state index in [2.05, 4.69) is 15.0 Å². The van der Waals surface area contributed by atoms with E-state index in [0.717, 1.165) is 0 Å². The Balaban J connectivity index is 2.03. The maximum absolute atomic E-state index is 12.6. The van der Waals surface area contributed by atoms with Crippen LogP contribution in [0.15, 0.2) is 41.1 Å². The van der Waals surface area contributed by atoms with E-state index in [9.17, 15) is 9.59 Å². The molecule has 2 aromatic rings. The number of rotatable bonds is 8. The maximum atomic E-state index is 12.6. The quantitative estimate of drug-likeness (QED) is 0.738. The van der Waals surface area contributed by atoms with E-state index < -0.39 is 0 Å². The summed E-state index contributed by atoms with van der Waals surface area (Å²) in [4.78, 5) is 26.2. The third-order valence-electron chi connectivity index (χ3n) is 3.19. The van der Waals surface area contributed by atoms with E-state index in [-0.39, 0.29) is 18.4 Å². The number of halogens is 1. The van der Waals surface area contributed by atoms with Crippen LogP contribution in [-0.2, 0) is 9.53 Å². The van der Waals surface area contributed by atoms with E-state index in [0.29, 0.717) is 36.0 Å². The zero-order chi connectivity index (χ0) is 17.4. The van der Waals surface area contributed by atoms with Crippen LogP contribution in [0.5, 0.6) is 0 Å². The molecule has 1 N–H and O–H groups in total. The second kappa shape index (κ2) is 9.05. The summed E-state index contributed by atoms with van der Waals surface area (Å²) in [5.41, 5.74) is 0.464. The number of carbonyl (C=O) groups is 2. The van der Waals surface area contributed by atoms with Crippen LogP contribution < -0.4 is 5.32 Å². The molecule has 1 aromatic carbocycles. The van der Waals surface area contributed by atoms with Crippen LogP contribution in [-0.4, -0.2) is 48.7 Å². The Labute approximate surface area is 144 Å². The highest BCUT2D eigenvalue weighted by Crippen LogP contribution is 2.12. The average molecular weight is 352 g/mol. The molecule has 0 fully saturated rings. The van der Waals surface area contributed by atoms with Gasteiger partial charge in [-0.3, -0.25) is 9.59 Å². The number of aromatic nitrogens is 1. The van der Waals surface area contributed by atoms with Crippen LogP contribution in [0, 0.1) is 0 Å². The van der Waals surface area contributed by atoms with E-state index in [1.807, 2.05) is 0 Å². The lowest BCUT2D eigenvalue weighted by molar-refractivity contribution is -0.117. The van der Waals surface area contributed by atoms with Crippen LogP contribution in [0.3, 0.4) is 0 Å². The third-order valence-corrected chi connectivity index (χ3v) is 3.45. The number of ether oxygens (including phenoxy) is 1. The fraction of sp³-hybridized carbons (Fsp3) is 0.312. The number of nitrogens with one attached hydrogen (secondary N) is 1. The summed E-state index contributed by atoms with van der Waals surface area (Å²) in [5, 5.41) is 6.72. The van der Waals surface area contributed by atoms with Crippen LogP contribution in [0.1, 0.15) is 16.8 Å². The topological polar surface area (TPSA) is 84.7 Å². The van der Waals surface area contributed by atoms with E-state index in [1.165, 1.54) is 17.2 Å². The lowest BCUT2D eigenvalue weighted by Crippen LogP contribution is -2.39. The van der Waals surface area contributed by atoms with Crippen LogP contribution >= 0.6 is 11.6 Å². The Kier molecular flexibility index (Phi) is 6.77. The number of anilines is 1. The molecule has 1 heterocycles. The molecule has 0 saturated heterocycles. The van der Waals surface area contributed by atoms with Crippen LogP contribution in [0.25, 0.3) is 0 Å². The lowest BCUT2D eigenvalue weighted by Gasteiger charge is -2.22. The molecule has 8 heteroatoms. The van der Waals surface area contributed by atoms with Gasteiger partial charge in [-0.2, -0.15) is 0 Å². The van der Waals surface area contributed by atoms with Crippen molar-refractivity contribution in [2.24, 2.45) is 0 Å². The van der Waals surface area contributed by atoms with Gasteiger partial charge in [0.25, 0.3) is 5.91 Å². The van der Waals surface area contributed by atoms with Crippen LogP contribution in [0.4, 0.5) is 5.82 Å². The normalized spacial score (nSPS) is 10.4. The van der Waals surface area contributed by atoms with Crippen molar-refractivity contribution in [3.05, 3.63) is 47.2 Å². The summed E-state index contributed by atoms with van der Waals surface area (Å²) in [5.74, 6) is -0.308. The molecular formula is C16H18ClN3O4. The summed E-state index contributed by atoms with van der Waals surface area (Å²) in [6, 6.07) is 8.05. The first-order chi connectivity index (χ1) is 11.6. The molecule has 0 aliphatic heterocycles. The first kappa shape index (κ1) is 18.0. The highest BCUT2D eigenvalue weighted by Gasteiger charge is 2.19. The number of amides is 2. The molecule has 0 saturated carbocycles. The number of hydrogen-bond donors (Lipinski definition) is 1. The molecule has 7 nitrogen and oxygen atoms in total. The molecule has 2 amide bonds. The van der Waals surface area contributed by atoms with Gasteiger partial charge in [0.15, 0.2) is 5.82 Å². The minimum absolute atomic E-state index is 0.0992. The molecule has 2 rings (SSSR count). The smallest absolute Gasteiger partial charge is 0.254 e. The first-order valence-corrected chi connectivity index (χ1v) is 7.72. The second-order valence-corrected chi connectivity index (χ2v) is 5.45. The number of benzene rings is 1.